The van der Waals surface area contributed by atoms with Crippen LogP contribution in [0.1, 0.15) is 18.0 Å². The van der Waals surface area contributed by atoms with Crippen LogP contribution in [0.15, 0.2) is 30.3 Å². The first kappa shape index (κ1) is 12.7. The molecule has 0 aliphatic rings. The third-order valence-corrected chi connectivity index (χ3v) is 2.65. The van der Waals surface area contributed by atoms with Gasteiger partial charge in [-0.15, -0.1) is 0 Å². The van der Waals surface area contributed by atoms with Crippen molar-refractivity contribution in [2.24, 2.45) is 0 Å². The molecule has 0 heterocycles. The number of nitriles is 1. The molecule has 0 aliphatic heterocycles. The monoisotopic (exact) mass is 218 g/mol. The van der Waals surface area contributed by atoms with Crippen LogP contribution in [-0.2, 0) is 4.74 Å². The molecule has 86 valence electrons. The van der Waals surface area contributed by atoms with Crippen molar-refractivity contribution >= 4 is 0 Å². The van der Waals surface area contributed by atoms with Gasteiger partial charge in [-0.05, 0) is 12.6 Å². The van der Waals surface area contributed by atoms with Crippen LogP contribution in [0.4, 0.5) is 0 Å². The van der Waals surface area contributed by atoms with Crippen LogP contribution in [0.25, 0.3) is 0 Å². The zero-order valence-corrected chi connectivity index (χ0v) is 9.89. The van der Waals surface area contributed by atoms with Gasteiger partial charge in [0.2, 0.25) is 0 Å². The van der Waals surface area contributed by atoms with Crippen LogP contribution in [0.2, 0.25) is 0 Å². The Morgan fingerprint density at radius 2 is 2.06 bits per heavy atom. The van der Waals surface area contributed by atoms with Gasteiger partial charge in [0.05, 0.1) is 19.1 Å². The topological polar surface area (TPSA) is 36.3 Å². The summed E-state index contributed by atoms with van der Waals surface area (Å²) in [5.74, 6) is 0. The molecule has 3 nitrogen and oxygen atoms in total. The fraction of sp³-hybridized carbons (Fsp3) is 0.462. The van der Waals surface area contributed by atoms with E-state index in [-0.39, 0.29) is 6.04 Å². The van der Waals surface area contributed by atoms with E-state index in [1.807, 2.05) is 25.2 Å². The number of hydrogen-bond acceptors (Lipinski definition) is 3. The fourth-order valence-corrected chi connectivity index (χ4v) is 1.68. The third kappa shape index (κ3) is 3.65. The Morgan fingerprint density at radius 1 is 1.38 bits per heavy atom. The molecule has 0 N–H and O–H groups in total. The van der Waals surface area contributed by atoms with E-state index < -0.39 is 0 Å². The number of methoxy groups -OCH3 is 1. The van der Waals surface area contributed by atoms with Crippen LogP contribution in [0.5, 0.6) is 0 Å². The summed E-state index contributed by atoms with van der Waals surface area (Å²) in [5, 5.41) is 8.86. The van der Waals surface area contributed by atoms with Crippen molar-refractivity contribution < 1.29 is 4.74 Å². The lowest BCUT2D eigenvalue weighted by Crippen LogP contribution is -2.27. The highest BCUT2D eigenvalue weighted by molar-refractivity contribution is 5.19. The quantitative estimate of drug-likeness (QED) is 0.734. The van der Waals surface area contributed by atoms with E-state index in [9.17, 15) is 0 Å². The molecule has 0 saturated heterocycles. The summed E-state index contributed by atoms with van der Waals surface area (Å²) in [6, 6.07) is 12.5. The third-order valence-electron chi connectivity index (χ3n) is 2.65. The Hall–Kier alpha value is -1.37. The summed E-state index contributed by atoms with van der Waals surface area (Å²) in [5.41, 5.74) is 1.18. The van der Waals surface area contributed by atoms with E-state index >= 15 is 0 Å². The number of likely N-dealkylation sites (N-methyl/N-ethyl adjacent to an activating group) is 1. The summed E-state index contributed by atoms with van der Waals surface area (Å²) < 4.78 is 5.05. The highest BCUT2D eigenvalue weighted by Crippen LogP contribution is 2.21. The van der Waals surface area contributed by atoms with Gasteiger partial charge in [-0.25, -0.2) is 0 Å². The Balaban J connectivity index is 2.71. The molecule has 0 aromatic heterocycles. The number of hydrogen-bond donors (Lipinski definition) is 0. The minimum absolute atomic E-state index is 0.154. The van der Waals surface area contributed by atoms with Crippen LogP contribution in [-0.4, -0.2) is 32.2 Å². The second-order valence-electron chi connectivity index (χ2n) is 3.76. The normalized spacial score (nSPS) is 12.4. The largest absolute Gasteiger partial charge is 0.383 e. The van der Waals surface area contributed by atoms with Gasteiger partial charge in [0.25, 0.3) is 0 Å². The van der Waals surface area contributed by atoms with Crippen molar-refractivity contribution in [2.75, 3.05) is 27.3 Å². The van der Waals surface area contributed by atoms with Crippen LogP contribution in [0.3, 0.4) is 0 Å². The first-order chi connectivity index (χ1) is 7.79. The number of nitrogens with zero attached hydrogens (tertiary/aromatic N) is 2. The lowest BCUT2D eigenvalue weighted by molar-refractivity contribution is 0.139. The molecule has 0 amide bonds. The minimum atomic E-state index is 0.154. The smallest absolute Gasteiger partial charge is 0.0641 e. The molecule has 0 bridgehead atoms. The lowest BCUT2D eigenvalue weighted by atomic mass is 10.0. The molecule has 3 heteroatoms. The van der Waals surface area contributed by atoms with Crippen molar-refractivity contribution in [3.63, 3.8) is 0 Å². The fourth-order valence-electron chi connectivity index (χ4n) is 1.68. The van der Waals surface area contributed by atoms with Gasteiger partial charge in [0, 0.05) is 19.7 Å². The van der Waals surface area contributed by atoms with Gasteiger partial charge >= 0.3 is 0 Å². The van der Waals surface area contributed by atoms with Crippen LogP contribution < -0.4 is 0 Å². The van der Waals surface area contributed by atoms with Gasteiger partial charge in [-0.2, -0.15) is 5.26 Å². The van der Waals surface area contributed by atoms with Crippen LogP contribution >= 0.6 is 0 Å². The van der Waals surface area contributed by atoms with Crippen molar-refractivity contribution in [3.05, 3.63) is 35.9 Å². The zero-order chi connectivity index (χ0) is 11.8. The van der Waals surface area contributed by atoms with E-state index in [4.69, 9.17) is 10.00 Å². The summed E-state index contributed by atoms with van der Waals surface area (Å²) in [6.45, 7) is 1.52. The molecule has 0 aliphatic carbocycles. The molecule has 0 radical (unpaired) electrons. The van der Waals surface area contributed by atoms with Crippen molar-refractivity contribution in [1.82, 2.24) is 4.90 Å². The Labute approximate surface area is 97.3 Å². The van der Waals surface area contributed by atoms with E-state index in [1.165, 1.54) is 5.56 Å². The SMILES string of the molecule is COCCN(C)C(CC#N)c1ccccc1. The van der Waals surface area contributed by atoms with Crippen molar-refractivity contribution in [1.29, 1.82) is 5.26 Å². The molecular formula is C13H18N2O. The van der Waals surface area contributed by atoms with Gasteiger partial charge < -0.3 is 4.74 Å². The molecule has 1 unspecified atom stereocenters. The second kappa shape index (κ2) is 7.00. The van der Waals surface area contributed by atoms with Gasteiger partial charge in [0.1, 0.15) is 0 Å². The predicted octanol–water partition coefficient (Wildman–Crippen LogP) is 2.22. The maximum Gasteiger partial charge on any atom is 0.0641 e. The van der Waals surface area contributed by atoms with Crippen LogP contribution in [0, 0.1) is 11.3 Å². The molecule has 1 rings (SSSR count). The number of ether oxygens (including phenoxy) is 1. The maximum absolute atomic E-state index is 8.86. The molecule has 1 atom stereocenters. The van der Waals surface area contributed by atoms with E-state index in [0.717, 1.165) is 6.54 Å². The summed E-state index contributed by atoms with van der Waals surface area (Å²) in [6.07, 6.45) is 0.504. The molecular weight excluding hydrogens is 200 g/mol. The van der Waals surface area contributed by atoms with E-state index in [2.05, 4.69) is 23.1 Å². The van der Waals surface area contributed by atoms with Gasteiger partial charge in [0.15, 0.2) is 0 Å². The standard InChI is InChI=1S/C13H18N2O/c1-15(10-11-16-2)13(8-9-14)12-6-4-3-5-7-12/h3-7,13H,8,10-11H2,1-2H3. The summed E-state index contributed by atoms with van der Waals surface area (Å²) in [7, 11) is 3.71. The average Bonchev–Trinajstić information content (AvgIpc) is 2.34. The van der Waals surface area contributed by atoms with E-state index in [0.29, 0.717) is 13.0 Å². The maximum atomic E-state index is 8.86. The number of rotatable bonds is 6. The molecule has 0 saturated carbocycles. The Morgan fingerprint density at radius 3 is 2.62 bits per heavy atom. The molecule has 0 spiro atoms. The highest BCUT2D eigenvalue weighted by Gasteiger charge is 2.15. The van der Waals surface area contributed by atoms with Crippen molar-refractivity contribution in [3.8, 4) is 6.07 Å². The van der Waals surface area contributed by atoms with Gasteiger partial charge in [-0.1, -0.05) is 30.3 Å². The van der Waals surface area contributed by atoms with Crippen molar-refractivity contribution in [2.45, 2.75) is 12.5 Å². The lowest BCUT2D eigenvalue weighted by Gasteiger charge is -2.26. The molecule has 1 aromatic rings. The Kier molecular flexibility index (Phi) is 5.55. The predicted molar refractivity (Wildman–Crippen MR) is 63.9 cm³/mol. The Bertz CT molecular complexity index is 332. The zero-order valence-electron chi connectivity index (χ0n) is 9.89. The minimum Gasteiger partial charge on any atom is -0.383 e. The summed E-state index contributed by atoms with van der Waals surface area (Å²) >= 11 is 0. The van der Waals surface area contributed by atoms with E-state index in [1.54, 1.807) is 7.11 Å². The first-order valence-electron chi connectivity index (χ1n) is 5.40. The number of benzene rings is 1. The first-order valence-corrected chi connectivity index (χ1v) is 5.40. The molecule has 0 fully saturated rings. The average molecular weight is 218 g/mol. The van der Waals surface area contributed by atoms with Gasteiger partial charge in [-0.3, -0.25) is 4.90 Å². The second-order valence-corrected chi connectivity index (χ2v) is 3.76. The molecule has 16 heavy (non-hydrogen) atoms. The molecule has 1 aromatic carbocycles. The summed E-state index contributed by atoms with van der Waals surface area (Å²) in [4.78, 5) is 2.15. The highest BCUT2D eigenvalue weighted by atomic mass is 16.5.